The summed E-state index contributed by atoms with van der Waals surface area (Å²) in [4.78, 5) is 21.3. The number of hydrogen-bond acceptors (Lipinski definition) is 4. The molecule has 0 unspecified atom stereocenters. The lowest BCUT2D eigenvalue weighted by molar-refractivity contribution is 0.0691. The number of aromatic nitrogens is 3. The number of carboxylic acid groups (broad SMARTS) is 1. The number of nitrogens with zero attached hydrogens (tertiary/aromatic N) is 2. The molecule has 82 valence electrons. The minimum absolute atomic E-state index is 0.0286. The summed E-state index contributed by atoms with van der Waals surface area (Å²) in [5.74, 6) is -0.238. The molecule has 2 rings (SSSR count). The molecule has 0 aliphatic heterocycles. The van der Waals surface area contributed by atoms with E-state index >= 15 is 0 Å². The standard InChI is InChI=1S/C10H9N3O3/c1-16-9-6(3-2-4-11-9)8-12-5-7(13-8)10(14)15/h2-5H,1H3,(H,12,13)(H,14,15). The quantitative estimate of drug-likeness (QED) is 0.809. The number of methoxy groups -OCH3 is 1. The number of rotatable bonds is 3. The van der Waals surface area contributed by atoms with Crippen molar-refractivity contribution in [1.82, 2.24) is 15.0 Å². The van der Waals surface area contributed by atoms with Crippen molar-refractivity contribution >= 4 is 5.97 Å². The van der Waals surface area contributed by atoms with E-state index in [1.165, 1.54) is 13.3 Å². The van der Waals surface area contributed by atoms with Crippen LogP contribution in [0.25, 0.3) is 11.4 Å². The van der Waals surface area contributed by atoms with E-state index < -0.39 is 5.97 Å². The van der Waals surface area contributed by atoms with Crippen LogP contribution in [0.1, 0.15) is 10.5 Å². The Hall–Kier alpha value is -2.37. The van der Waals surface area contributed by atoms with Crippen LogP contribution in [0.15, 0.2) is 24.5 Å². The molecule has 0 amide bonds. The number of imidazole rings is 1. The molecule has 0 spiro atoms. The number of hydrogen-bond donors (Lipinski definition) is 2. The molecule has 0 aliphatic rings. The Kier molecular flexibility index (Phi) is 2.55. The van der Waals surface area contributed by atoms with E-state index in [1.54, 1.807) is 18.3 Å². The van der Waals surface area contributed by atoms with Crippen LogP contribution in [-0.4, -0.2) is 33.1 Å². The average Bonchev–Trinajstić information content (AvgIpc) is 2.78. The second-order valence-electron chi connectivity index (χ2n) is 3.01. The average molecular weight is 219 g/mol. The minimum atomic E-state index is -1.05. The summed E-state index contributed by atoms with van der Waals surface area (Å²) in [6.07, 6.45) is 2.84. The van der Waals surface area contributed by atoms with Crippen molar-refractivity contribution in [3.05, 3.63) is 30.2 Å². The molecule has 0 aliphatic carbocycles. The lowest BCUT2D eigenvalue weighted by atomic mass is 10.2. The summed E-state index contributed by atoms with van der Waals surface area (Å²) in [6, 6.07) is 3.47. The van der Waals surface area contributed by atoms with E-state index in [9.17, 15) is 4.79 Å². The van der Waals surface area contributed by atoms with Gasteiger partial charge in [-0.15, -0.1) is 0 Å². The first kappa shape index (κ1) is 10.2. The van der Waals surface area contributed by atoms with Crippen molar-refractivity contribution < 1.29 is 14.6 Å². The van der Waals surface area contributed by atoms with Crippen LogP contribution in [0.3, 0.4) is 0 Å². The molecule has 0 saturated heterocycles. The summed E-state index contributed by atoms with van der Waals surface area (Å²) >= 11 is 0. The van der Waals surface area contributed by atoms with Crippen molar-refractivity contribution in [2.24, 2.45) is 0 Å². The predicted octanol–water partition coefficient (Wildman–Crippen LogP) is 1.18. The molecule has 0 radical (unpaired) electrons. The second-order valence-corrected chi connectivity index (χ2v) is 3.01. The van der Waals surface area contributed by atoms with Gasteiger partial charge in [-0.3, -0.25) is 0 Å². The van der Waals surface area contributed by atoms with Crippen LogP contribution in [0, 0.1) is 0 Å². The van der Waals surface area contributed by atoms with Gasteiger partial charge in [0.15, 0.2) is 0 Å². The van der Waals surface area contributed by atoms with Gasteiger partial charge in [-0.1, -0.05) is 0 Å². The van der Waals surface area contributed by atoms with Gasteiger partial charge in [0.25, 0.3) is 0 Å². The van der Waals surface area contributed by atoms with Crippen LogP contribution in [0.4, 0.5) is 0 Å². The lowest BCUT2D eigenvalue weighted by Crippen LogP contribution is -1.96. The number of H-pyrrole nitrogens is 1. The molecule has 0 saturated carbocycles. The Morgan fingerprint density at radius 2 is 2.31 bits per heavy atom. The van der Waals surface area contributed by atoms with Gasteiger partial charge >= 0.3 is 5.97 Å². The van der Waals surface area contributed by atoms with Gasteiger partial charge in [-0.05, 0) is 12.1 Å². The monoisotopic (exact) mass is 219 g/mol. The molecule has 0 fully saturated rings. The molecular formula is C10H9N3O3. The zero-order chi connectivity index (χ0) is 11.5. The highest BCUT2D eigenvalue weighted by molar-refractivity contribution is 5.86. The van der Waals surface area contributed by atoms with Crippen molar-refractivity contribution in [3.8, 4) is 17.3 Å². The van der Waals surface area contributed by atoms with Crippen LogP contribution in [-0.2, 0) is 0 Å². The Labute approximate surface area is 90.9 Å². The number of aromatic carboxylic acids is 1. The number of nitrogens with one attached hydrogen (secondary N) is 1. The number of carboxylic acids is 1. The SMILES string of the molecule is COc1ncccc1-c1ncc(C(=O)O)[nH]1. The fraction of sp³-hybridized carbons (Fsp3) is 0.100. The maximum atomic E-state index is 10.7. The summed E-state index contributed by atoms with van der Waals surface area (Å²) in [5.41, 5.74) is 0.651. The molecule has 6 nitrogen and oxygen atoms in total. The van der Waals surface area contributed by atoms with Gasteiger partial charge in [0.2, 0.25) is 5.88 Å². The smallest absolute Gasteiger partial charge is 0.353 e. The molecule has 2 aromatic rings. The Bertz CT molecular complexity index is 522. The number of pyridine rings is 1. The van der Waals surface area contributed by atoms with Crippen molar-refractivity contribution in [2.45, 2.75) is 0 Å². The van der Waals surface area contributed by atoms with E-state index in [0.717, 1.165) is 0 Å². The number of ether oxygens (including phenoxy) is 1. The van der Waals surface area contributed by atoms with Crippen LogP contribution >= 0.6 is 0 Å². The predicted molar refractivity (Wildman–Crippen MR) is 55.3 cm³/mol. The molecule has 6 heteroatoms. The van der Waals surface area contributed by atoms with Crippen molar-refractivity contribution in [1.29, 1.82) is 0 Å². The highest BCUT2D eigenvalue weighted by Gasteiger charge is 2.12. The van der Waals surface area contributed by atoms with Gasteiger partial charge in [0.1, 0.15) is 11.5 Å². The van der Waals surface area contributed by atoms with E-state index in [1.807, 2.05) is 0 Å². The third kappa shape index (κ3) is 1.72. The summed E-state index contributed by atoms with van der Waals surface area (Å²) in [7, 11) is 1.49. The van der Waals surface area contributed by atoms with Crippen LogP contribution < -0.4 is 4.74 Å². The zero-order valence-corrected chi connectivity index (χ0v) is 8.47. The lowest BCUT2D eigenvalue weighted by Gasteiger charge is -2.03. The fourth-order valence-corrected chi connectivity index (χ4v) is 1.30. The van der Waals surface area contributed by atoms with Crippen LogP contribution in [0.2, 0.25) is 0 Å². The first-order valence-corrected chi connectivity index (χ1v) is 4.50. The second kappa shape index (κ2) is 4.01. The first-order chi connectivity index (χ1) is 7.72. The fourth-order valence-electron chi connectivity index (χ4n) is 1.30. The highest BCUT2D eigenvalue weighted by atomic mass is 16.5. The van der Waals surface area contributed by atoms with Gasteiger partial charge in [0.05, 0.1) is 18.9 Å². The van der Waals surface area contributed by atoms with Crippen molar-refractivity contribution in [2.75, 3.05) is 7.11 Å². The van der Waals surface area contributed by atoms with E-state index in [2.05, 4.69) is 15.0 Å². The zero-order valence-electron chi connectivity index (χ0n) is 8.47. The number of aromatic amines is 1. The Morgan fingerprint density at radius 1 is 1.50 bits per heavy atom. The highest BCUT2D eigenvalue weighted by Crippen LogP contribution is 2.24. The Morgan fingerprint density at radius 3 is 2.94 bits per heavy atom. The third-order valence-electron chi connectivity index (χ3n) is 2.03. The molecule has 2 heterocycles. The summed E-state index contributed by atoms with van der Waals surface area (Å²) in [5, 5.41) is 8.75. The van der Waals surface area contributed by atoms with Gasteiger partial charge in [0, 0.05) is 6.20 Å². The molecule has 2 aromatic heterocycles. The summed E-state index contributed by atoms with van der Waals surface area (Å²) in [6.45, 7) is 0. The third-order valence-corrected chi connectivity index (χ3v) is 2.03. The largest absolute Gasteiger partial charge is 0.480 e. The van der Waals surface area contributed by atoms with Gasteiger partial charge in [-0.25, -0.2) is 14.8 Å². The number of carbonyl (C=O) groups is 1. The van der Waals surface area contributed by atoms with E-state index in [4.69, 9.17) is 9.84 Å². The van der Waals surface area contributed by atoms with Gasteiger partial charge in [-0.2, -0.15) is 0 Å². The maximum Gasteiger partial charge on any atom is 0.353 e. The van der Waals surface area contributed by atoms with Crippen molar-refractivity contribution in [3.63, 3.8) is 0 Å². The Balaban J connectivity index is 2.46. The molecular weight excluding hydrogens is 210 g/mol. The van der Waals surface area contributed by atoms with E-state index in [0.29, 0.717) is 17.3 Å². The molecule has 0 atom stereocenters. The topological polar surface area (TPSA) is 88.1 Å². The molecule has 16 heavy (non-hydrogen) atoms. The molecule has 0 aromatic carbocycles. The van der Waals surface area contributed by atoms with Crippen LogP contribution in [0.5, 0.6) is 5.88 Å². The maximum absolute atomic E-state index is 10.7. The van der Waals surface area contributed by atoms with E-state index in [-0.39, 0.29) is 5.69 Å². The minimum Gasteiger partial charge on any atom is -0.480 e. The molecule has 0 bridgehead atoms. The van der Waals surface area contributed by atoms with Gasteiger partial charge < -0.3 is 14.8 Å². The first-order valence-electron chi connectivity index (χ1n) is 4.50. The molecule has 2 N–H and O–H groups in total. The summed E-state index contributed by atoms with van der Waals surface area (Å²) < 4.78 is 5.05. The normalized spacial score (nSPS) is 10.1.